The number of imidazole rings is 1. The highest BCUT2D eigenvalue weighted by molar-refractivity contribution is 5.47. The predicted octanol–water partition coefficient (Wildman–Crippen LogP) is 1.92. The second kappa shape index (κ2) is 4.45. The fourth-order valence-electron chi connectivity index (χ4n) is 2.66. The molecule has 0 aromatic carbocycles. The lowest BCUT2D eigenvalue weighted by atomic mass is 9.77. The average molecular weight is 261 g/mol. The van der Waals surface area contributed by atoms with Crippen LogP contribution in [0.1, 0.15) is 38.6 Å². The Balaban J connectivity index is 1.91. The Morgan fingerprint density at radius 3 is 3.00 bits per heavy atom. The van der Waals surface area contributed by atoms with Gasteiger partial charge in [-0.15, -0.1) is 0 Å². The van der Waals surface area contributed by atoms with Crippen LogP contribution in [-0.2, 0) is 7.05 Å². The molecule has 1 unspecified atom stereocenters. The first-order valence-corrected chi connectivity index (χ1v) is 6.61. The molecule has 0 radical (unpaired) electrons. The number of rotatable bonds is 2. The number of piperidine rings is 1. The molecule has 0 saturated carbocycles. The van der Waals surface area contributed by atoms with E-state index >= 15 is 0 Å². The van der Waals surface area contributed by atoms with E-state index in [4.69, 9.17) is 4.52 Å². The molecule has 0 amide bonds. The van der Waals surface area contributed by atoms with Crippen molar-refractivity contribution in [3.05, 3.63) is 18.4 Å². The summed E-state index contributed by atoms with van der Waals surface area (Å²) in [6, 6.07) is 0.121. The summed E-state index contributed by atoms with van der Waals surface area (Å²) in [5, 5.41) is 7.55. The van der Waals surface area contributed by atoms with Gasteiger partial charge in [0.1, 0.15) is 5.69 Å². The van der Waals surface area contributed by atoms with Gasteiger partial charge in [0.15, 0.2) is 0 Å². The molecule has 1 aliphatic heterocycles. The monoisotopic (exact) mass is 261 g/mol. The van der Waals surface area contributed by atoms with Gasteiger partial charge in [-0.2, -0.15) is 4.98 Å². The lowest BCUT2D eigenvalue weighted by Gasteiger charge is -2.36. The molecule has 1 atom stereocenters. The maximum Gasteiger partial charge on any atom is 0.244 e. The Morgan fingerprint density at radius 1 is 1.47 bits per heavy atom. The van der Waals surface area contributed by atoms with Crippen LogP contribution in [0.15, 0.2) is 17.0 Å². The molecule has 2 aromatic heterocycles. The van der Waals surface area contributed by atoms with E-state index in [1.54, 1.807) is 12.5 Å². The second-order valence-corrected chi connectivity index (χ2v) is 5.83. The smallest absolute Gasteiger partial charge is 0.244 e. The van der Waals surface area contributed by atoms with Crippen LogP contribution in [-0.4, -0.2) is 26.2 Å². The van der Waals surface area contributed by atoms with Crippen LogP contribution in [0.3, 0.4) is 0 Å². The third-order valence-corrected chi connectivity index (χ3v) is 3.86. The van der Waals surface area contributed by atoms with Crippen LogP contribution >= 0.6 is 0 Å². The van der Waals surface area contributed by atoms with Gasteiger partial charge >= 0.3 is 0 Å². The predicted molar refractivity (Wildman–Crippen MR) is 70.3 cm³/mol. The highest BCUT2D eigenvalue weighted by atomic mass is 16.5. The van der Waals surface area contributed by atoms with E-state index < -0.39 is 0 Å². The number of nitrogens with zero attached hydrogens (tertiary/aromatic N) is 4. The van der Waals surface area contributed by atoms with Crippen molar-refractivity contribution >= 4 is 0 Å². The number of hydrogen-bond donors (Lipinski definition) is 1. The topological polar surface area (TPSA) is 68.8 Å². The summed E-state index contributed by atoms with van der Waals surface area (Å²) >= 11 is 0. The van der Waals surface area contributed by atoms with Gasteiger partial charge in [0.2, 0.25) is 11.7 Å². The number of hydrogen-bond acceptors (Lipinski definition) is 5. The molecule has 0 aliphatic carbocycles. The first-order chi connectivity index (χ1) is 9.08. The Labute approximate surface area is 112 Å². The first-order valence-electron chi connectivity index (χ1n) is 6.61. The lowest BCUT2D eigenvalue weighted by molar-refractivity contribution is 0.146. The van der Waals surface area contributed by atoms with Crippen molar-refractivity contribution in [2.45, 2.75) is 32.7 Å². The minimum Gasteiger partial charge on any atom is -0.337 e. The quantitative estimate of drug-likeness (QED) is 0.894. The maximum absolute atomic E-state index is 5.45. The zero-order valence-corrected chi connectivity index (χ0v) is 11.6. The molecule has 3 rings (SSSR count). The SMILES string of the molecule is Cn1cncc1-c1noc(C2NCCCC2(C)C)n1. The summed E-state index contributed by atoms with van der Waals surface area (Å²) in [5.74, 6) is 1.26. The fourth-order valence-corrected chi connectivity index (χ4v) is 2.66. The maximum atomic E-state index is 5.45. The molecule has 3 heterocycles. The Kier molecular flexibility index (Phi) is 2.89. The molecule has 0 bridgehead atoms. The standard InChI is InChI=1S/C13H19N5O/c1-13(2)5-4-6-15-10(13)12-16-11(17-19-12)9-7-14-8-18(9)3/h7-8,10,15H,4-6H2,1-3H3. The number of nitrogens with one attached hydrogen (secondary N) is 1. The fraction of sp³-hybridized carbons (Fsp3) is 0.615. The van der Waals surface area contributed by atoms with Crippen LogP contribution in [0.25, 0.3) is 11.5 Å². The van der Waals surface area contributed by atoms with Gasteiger partial charge in [-0.1, -0.05) is 19.0 Å². The molecule has 2 aromatic rings. The van der Waals surface area contributed by atoms with E-state index in [-0.39, 0.29) is 11.5 Å². The lowest BCUT2D eigenvalue weighted by Crippen LogP contribution is -2.39. The highest BCUT2D eigenvalue weighted by Gasteiger charge is 2.37. The summed E-state index contributed by atoms with van der Waals surface area (Å²) in [4.78, 5) is 8.61. The summed E-state index contributed by atoms with van der Waals surface area (Å²) < 4.78 is 7.34. The van der Waals surface area contributed by atoms with E-state index in [0.717, 1.165) is 18.7 Å². The van der Waals surface area contributed by atoms with Crippen molar-refractivity contribution in [1.29, 1.82) is 0 Å². The van der Waals surface area contributed by atoms with Gasteiger partial charge in [0, 0.05) is 7.05 Å². The van der Waals surface area contributed by atoms with Crippen LogP contribution in [0.4, 0.5) is 0 Å². The largest absolute Gasteiger partial charge is 0.337 e. The van der Waals surface area contributed by atoms with Gasteiger partial charge in [0.25, 0.3) is 0 Å². The molecule has 1 saturated heterocycles. The molecule has 6 heteroatoms. The van der Waals surface area contributed by atoms with Gasteiger partial charge < -0.3 is 14.4 Å². The molecule has 1 fully saturated rings. The number of aryl methyl sites for hydroxylation is 1. The first kappa shape index (κ1) is 12.3. The Morgan fingerprint density at radius 2 is 2.32 bits per heavy atom. The zero-order valence-electron chi connectivity index (χ0n) is 11.6. The molecule has 0 spiro atoms. The molecule has 102 valence electrons. The van der Waals surface area contributed by atoms with Crippen molar-refractivity contribution < 1.29 is 4.52 Å². The molecule has 1 N–H and O–H groups in total. The molecule has 19 heavy (non-hydrogen) atoms. The van der Waals surface area contributed by atoms with Crippen LogP contribution in [0.2, 0.25) is 0 Å². The van der Waals surface area contributed by atoms with Gasteiger partial charge in [-0.05, 0) is 24.8 Å². The number of aromatic nitrogens is 4. The second-order valence-electron chi connectivity index (χ2n) is 5.83. The van der Waals surface area contributed by atoms with Gasteiger partial charge in [-0.25, -0.2) is 4.98 Å². The van der Waals surface area contributed by atoms with Crippen LogP contribution in [0.5, 0.6) is 0 Å². The average Bonchev–Trinajstić information content (AvgIpc) is 2.97. The molecular formula is C13H19N5O. The van der Waals surface area contributed by atoms with E-state index in [0.29, 0.717) is 11.7 Å². The summed E-state index contributed by atoms with van der Waals surface area (Å²) in [5.41, 5.74) is 0.998. The van der Waals surface area contributed by atoms with Crippen LogP contribution < -0.4 is 5.32 Å². The minimum absolute atomic E-state index is 0.121. The zero-order chi connectivity index (χ0) is 13.5. The molecule has 6 nitrogen and oxygen atoms in total. The minimum atomic E-state index is 0.121. The van der Waals surface area contributed by atoms with E-state index in [9.17, 15) is 0 Å². The van der Waals surface area contributed by atoms with Gasteiger partial charge in [-0.3, -0.25) is 0 Å². The summed E-state index contributed by atoms with van der Waals surface area (Å²) in [7, 11) is 1.92. The summed E-state index contributed by atoms with van der Waals surface area (Å²) in [6.45, 7) is 5.47. The van der Waals surface area contributed by atoms with Gasteiger partial charge in [0.05, 0.1) is 18.6 Å². The summed E-state index contributed by atoms with van der Waals surface area (Å²) in [6.07, 6.45) is 5.82. The Hall–Kier alpha value is -1.69. The van der Waals surface area contributed by atoms with E-state index in [1.165, 1.54) is 6.42 Å². The van der Waals surface area contributed by atoms with E-state index in [2.05, 4.69) is 34.3 Å². The normalized spacial score (nSPS) is 22.6. The van der Waals surface area contributed by atoms with Crippen molar-refractivity contribution in [2.24, 2.45) is 12.5 Å². The van der Waals surface area contributed by atoms with Crippen molar-refractivity contribution in [2.75, 3.05) is 6.54 Å². The van der Waals surface area contributed by atoms with Crippen molar-refractivity contribution in [3.8, 4) is 11.5 Å². The molecular weight excluding hydrogens is 242 g/mol. The van der Waals surface area contributed by atoms with E-state index in [1.807, 2.05) is 11.6 Å². The van der Waals surface area contributed by atoms with Crippen molar-refractivity contribution in [3.63, 3.8) is 0 Å². The third kappa shape index (κ3) is 2.16. The highest BCUT2D eigenvalue weighted by Crippen LogP contribution is 2.39. The van der Waals surface area contributed by atoms with Crippen molar-refractivity contribution in [1.82, 2.24) is 25.0 Å². The van der Waals surface area contributed by atoms with Crippen LogP contribution in [0, 0.1) is 5.41 Å². The molecule has 1 aliphatic rings. The third-order valence-electron chi connectivity index (χ3n) is 3.86. The Bertz CT molecular complexity index is 571.